The second-order valence-electron chi connectivity index (χ2n) is 7.84. The van der Waals surface area contributed by atoms with Crippen molar-refractivity contribution in [2.45, 2.75) is 18.3 Å². The van der Waals surface area contributed by atoms with Crippen LogP contribution in [0, 0.1) is 5.92 Å². The van der Waals surface area contributed by atoms with Gasteiger partial charge in [-0.15, -0.1) is 0 Å². The molecule has 6 rings (SSSR count). The van der Waals surface area contributed by atoms with Gasteiger partial charge in [0.2, 0.25) is 0 Å². The van der Waals surface area contributed by atoms with Gasteiger partial charge in [-0.25, -0.2) is 0 Å². The monoisotopic (exact) mass is 403 g/mol. The number of fused-ring (bicyclic) bond motifs is 1. The lowest BCUT2D eigenvalue weighted by Gasteiger charge is -2.45. The fraction of sp³-hybridized carbons (Fsp3) is 0.240. The van der Waals surface area contributed by atoms with Crippen LogP contribution in [-0.2, 0) is 0 Å². The van der Waals surface area contributed by atoms with Gasteiger partial charge in [-0.2, -0.15) is 0 Å². The third-order valence-corrected chi connectivity index (χ3v) is 6.59. The number of methoxy groups -OCH3 is 1. The highest BCUT2D eigenvalue weighted by molar-refractivity contribution is 6.31. The summed E-state index contributed by atoms with van der Waals surface area (Å²) in [6, 6.07) is 22.6. The van der Waals surface area contributed by atoms with Crippen molar-refractivity contribution in [1.82, 2.24) is 5.32 Å². The van der Waals surface area contributed by atoms with E-state index in [0.29, 0.717) is 40.6 Å². The van der Waals surface area contributed by atoms with Crippen molar-refractivity contribution >= 4 is 17.5 Å². The average molecular weight is 404 g/mol. The molecule has 0 heterocycles. The predicted molar refractivity (Wildman–Crippen MR) is 115 cm³/mol. The molecule has 0 fully saturated rings. The first-order chi connectivity index (χ1) is 14.2. The number of carbonyl (C=O) groups is 1. The van der Waals surface area contributed by atoms with E-state index in [0.717, 1.165) is 6.42 Å². The van der Waals surface area contributed by atoms with E-state index < -0.39 is 0 Å². The van der Waals surface area contributed by atoms with Crippen molar-refractivity contribution in [3.63, 3.8) is 0 Å². The molecule has 0 saturated heterocycles. The summed E-state index contributed by atoms with van der Waals surface area (Å²) in [6.45, 7) is 0.623. The first kappa shape index (κ1) is 18.3. The fourth-order valence-electron chi connectivity index (χ4n) is 5.14. The molecule has 1 atom stereocenters. The third-order valence-electron chi connectivity index (χ3n) is 6.35. The number of benzene rings is 3. The number of hydrogen-bond acceptors (Lipinski definition) is 2. The van der Waals surface area contributed by atoms with Gasteiger partial charge < -0.3 is 10.1 Å². The molecule has 0 saturated carbocycles. The fourth-order valence-corrected chi connectivity index (χ4v) is 5.31. The van der Waals surface area contributed by atoms with Crippen LogP contribution >= 0.6 is 11.6 Å². The van der Waals surface area contributed by atoms with Gasteiger partial charge in [0.25, 0.3) is 5.91 Å². The maximum atomic E-state index is 12.9. The maximum absolute atomic E-state index is 12.9. The summed E-state index contributed by atoms with van der Waals surface area (Å²) >= 11 is 6.10. The van der Waals surface area contributed by atoms with Crippen LogP contribution in [0.25, 0.3) is 0 Å². The molecule has 2 bridgehead atoms. The lowest BCUT2D eigenvalue weighted by Crippen LogP contribution is -2.39. The summed E-state index contributed by atoms with van der Waals surface area (Å²) < 4.78 is 5.34. The topological polar surface area (TPSA) is 38.3 Å². The van der Waals surface area contributed by atoms with Crippen molar-refractivity contribution in [3.05, 3.63) is 99.6 Å². The average Bonchev–Trinajstić information content (AvgIpc) is 2.77. The number of hydrogen-bond donors (Lipinski definition) is 1. The van der Waals surface area contributed by atoms with Gasteiger partial charge in [-0.3, -0.25) is 4.79 Å². The van der Waals surface area contributed by atoms with Crippen molar-refractivity contribution in [3.8, 4) is 5.75 Å². The van der Waals surface area contributed by atoms with E-state index in [1.165, 1.54) is 22.3 Å². The lowest BCUT2D eigenvalue weighted by molar-refractivity contribution is 0.0940. The van der Waals surface area contributed by atoms with Gasteiger partial charge in [0.1, 0.15) is 5.75 Å². The molecular weight excluding hydrogens is 382 g/mol. The minimum atomic E-state index is -0.146. The highest BCUT2D eigenvalue weighted by atomic mass is 35.5. The molecule has 0 spiro atoms. The summed E-state index contributed by atoms with van der Waals surface area (Å²) in [6.07, 6.45) is 1.05. The van der Waals surface area contributed by atoms with E-state index >= 15 is 0 Å². The molecule has 1 unspecified atom stereocenters. The smallest absolute Gasteiger partial charge is 0.255 e. The van der Waals surface area contributed by atoms with Crippen LogP contribution in [0.2, 0.25) is 5.02 Å². The summed E-state index contributed by atoms with van der Waals surface area (Å²) in [4.78, 5) is 12.9. The van der Waals surface area contributed by atoms with Crippen molar-refractivity contribution in [2.75, 3.05) is 13.7 Å². The molecule has 146 valence electrons. The van der Waals surface area contributed by atoms with E-state index in [1.54, 1.807) is 25.3 Å². The largest absolute Gasteiger partial charge is 0.496 e. The molecule has 1 N–H and O–H groups in total. The normalized spacial score (nSPS) is 21.2. The van der Waals surface area contributed by atoms with Crippen molar-refractivity contribution < 1.29 is 9.53 Å². The molecule has 29 heavy (non-hydrogen) atoms. The van der Waals surface area contributed by atoms with E-state index in [2.05, 4.69) is 53.8 Å². The highest BCUT2D eigenvalue weighted by Crippen LogP contribution is 2.55. The summed E-state index contributed by atoms with van der Waals surface area (Å²) in [7, 11) is 1.56. The van der Waals surface area contributed by atoms with Gasteiger partial charge in [0.15, 0.2) is 0 Å². The minimum Gasteiger partial charge on any atom is -0.496 e. The van der Waals surface area contributed by atoms with Gasteiger partial charge >= 0.3 is 0 Å². The van der Waals surface area contributed by atoms with Crippen LogP contribution in [0.15, 0.2) is 66.7 Å². The quantitative estimate of drug-likeness (QED) is 0.635. The SMILES string of the molecule is COc1ccc(Cl)cc1C(=O)NCC1CC2c3ccccc3C1c1ccccc12. The zero-order valence-electron chi connectivity index (χ0n) is 16.2. The molecule has 0 aliphatic heterocycles. The zero-order chi connectivity index (χ0) is 20.0. The Kier molecular flexibility index (Phi) is 4.56. The number of halogens is 1. The molecular formula is C25H22ClNO2. The van der Waals surface area contributed by atoms with Crippen LogP contribution in [0.3, 0.4) is 0 Å². The van der Waals surface area contributed by atoms with Gasteiger partial charge in [0, 0.05) is 23.4 Å². The first-order valence-electron chi connectivity index (χ1n) is 9.96. The van der Waals surface area contributed by atoms with Crippen molar-refractivity contribution in [1.29, 1.82) is 0 Å². The van der Waals surface area contributed by atoms with Gasteiger partial charge in [-0.1, -0.05) is 60.1 Å². The third kappa shape index (κ3) is 3.01. The Bertz CT molecular complexity index is 1050. The van der Waals surface area contributed by atoms with E-state index in [9.17, 15) is 4.79 Å². The molecule has 0 aromatic heterocycles. The van der Waals surface area contributed by atoms with Crippen LogP contribution in [0.1, 0.15) is 50.9 Å². The standard InChI is InChI=1S/C25H22ClNO2/c1-29-23-11-10-16(26)13-22(23)25(28)27-14-15-12-21-17-6-2-4-8-19(17)24(15)20-9-5-3-7-18(20)21/h2-11,13,15,21,24H,12,14H2,1H3,(H,27,28). The predicted octanol–water partition coefficient (Wildman–Crippen LogP) is 5.38. The van der Waals surface area contributed by atoms with Crippen molar-refractivity contribution in [2.24, 2.45) is 5.92 Å². The Labute approximate surface area is 175 Å². The van der Waals surface area contributed by atoms with Crippen LogP contribution in [0.5, 0.6) is 5.75 Å². The zero-order valence-corrected chi connectivity index (χ0v) is 16.9. The highest BCUT2D eigenvalue weighted by Gasteiger charge is 2.42. The summed E-state index contributed by atoms with van der Waals surface area (Å²) in [5.74, 6) is 1.46. The molecule has 3 aliphatic rings. The van der Waals surface area contributed by atoms with Crippen LogP contribution in [-0.4, -0.2) is 19.6 Å². The number of rotatable bonds is 4. The molecule has 4 heteroatoms. The Hall–Kier alpha value is -2.78. The molecule has 0 radical (unpaired) electrons. The molecule has 1 amide bonds. The Morgan fingerprint density at radius 2 is 1.62 bits per heavy atom. The number of carbonyl (C=O) groups excluding carboxylic acids is 1. The second-order valence-corrected chi connectivity index (χ2v) is 8.27. The molecule has 3 nitrogen and oxygen atoms in total. The number of ether oxygens (including phenoxy) is 1. The molecule has 3 aliphatic carbocycles. The van der Waals surface area contributed by atoms with Gasteiger partial charge in [-0.05, 0) is 52.8 Å². The molecule has 3 aromatic carbocycles. The summed E-state index contributed by atoms with van der Waals surface area (Å²) in [5, 5.41) is 3.66. The second kappa shape index (κ2) is 7.23. The van der Waals surface area contributed by atoms with E-state index in [1.807, 2.05) is 0 Å². The summed E-state index contributed by atoms with van der Waals surface area (Å²) in [5.41, 5.74) is 6.16. The Morgan fingerprint density at radius 3 is 2.24 bits per heavy atom. The van der Waals surface area contributed by atoms with Crippen LogP contribution < -0.4 is 10.1 Å². The van der Waals surface area contributed by atoms with E-state index in [-0.39, 0.29) is 5.91 Å². The number of nitrogens with one attached hydrogen (secondary N) is 1. The Morgan fingerprint density at radius 1 is 1.00 bits per heavy atom. The Balaban J connectivity index is 1.43. The first-order valence-corrected chi connectivity index (χ1v) is 10.3. The van der Waals surface area contributed by atoms with Crippen LogP contribution in [0.4, 0.5) is 0 Å². The van der Waals surface area contributed by atoms with Gasteiger partial charge in [0.05, 0.1) is 12.7 Å². The van der Waals surface area contributed by atoms with E-state index in [4.69, 9.17) is 16.3 Å². The molecule has 3 aromatic rings. The minimum absolute atomic E-state index is 0.146. The maximum Gasteiger partial charge on any atom is 0.255 e. The lowest BCUT2D eigenvalue weighted by atomic mass is 9.59. The number of amides is 1.